The van der Waals surface area contributed by atoms with Crippen LogP contribution in [0, 0.1) is 0 Å². The Labute approximate surface area is 393 Å². The summed E-state index contributed by atoms with van der Waals surface area (Å²) in [6, 6.07) is 64.8. The number of allylic oxidation sites excluding steroid dienone is 4. The van der Waals surface area contributed by atoms with Crippen molar-refractivity contribution in [3.63, 3.8) is 0 Å². The van der Waals surface area contributed by atoms with E-state index in [2.05, 4.69) is 249 Å². The van der Waals surface area contributed by atoms with Crippen molar-refractivity contribution in [1.82, 2.24) is 0 Å². The standard InChI is InChI=1S/C65H61N/c1-62(2,3)45-39-43(40-46(41-45)63(4,5)6)47-30-19-23-42-24-20-31-49(59(42)47)48-27-15-18-36-56(48)66(57-37-21-34-54-60(57)50-28-13-16-32-52(50)64(54,7)8)58-38-22-35-55-61(58)51-29-14-17-33-53(51)65(55,9)44-25-11-10-12-26-44/h10-15,17-31,33-41H,16,32H2,1-9H3. The molecule has 0 N–H and O–H groups in total. The lowest BCUT2D eigenvalue weighted by atomic mass is 9.74. The first-order valence-electron chi connectivity index (χ1n) is 24.1. The average Bonchev–Trinajstić information content (AvgIpc) is 3.73. The molecule has 1 heteroatoms. The van der Waals surface area contributed by atoms with Gasteiger partial charge in [-0.15, -0.1) is 0 Å². The minimum Gasteiger partial charge on any atom is -0.309 e. The zero-order valence-electron chi connectivity index (χ0n) is 40.2. The number of benzene rings is 8. The van der Waals surface area contributed by atoms with E-state index in [9.17, 15) is 0 Å². The normalized spacial score (nSPS) is 17.1. The van der Waals surface area contributed by atoms with Gasteiger partial charge in [0.1, 0.15) is 0 Å². The van der Waals surface area contributed by atoms with E-state index in [1.165, 1.54) is 100 Å². The number of rotatable bonds is 6. The summed E-state index contributed by atoms with van der Waals surface area (Å²) in [6.07, 6.45) is 6.97. The fourth-order valence-corrected chi connectivity index (χ4v) is 11.8. The first-order chi connectivity index (χ1) is 31.7. The van der Waals surface area contributed by atoms with Gasteiger partial charge in [0.15, 0.2) is 0 Å². The lowest BCUT2D eigenvalue weighted by Gasteiger charge is -2.33. The molecule has 0 saturated carbocycles. The van der Waals surface area contributed by atoms with E-state index in [0.717, 1.165) is 18.5 Å². The molecule has 0 bridgehead atoms. The van der Waals surface area contributed by atoms with E-state index in [1.807, 2.05) is 0 Å². The van der Waals surface area contributed by atoms with Crippen LogP contribution in [0.1, 0.15) is 114 Å². The van der Waals surface area contributed by atoms with E-state index >= 15 is 0 Å². The van der Waals surface area contributed by atoms with Crippen LogP contribution < -0.4 is 4.90 Å². The van der Waals surface area contributed by atoms with E-state index in [-0.39, 0.29) is 21.7 Å². The van der Waals surface area contributed by atoms with Gasteiger partial charge in [-0.25, -0.2) is 0 Å². The molecule has 3 aliphatic carbocycles. The van der Waals surface area contributed by atoms with Gasteiger partial charge in [-0.05, 0) is 121 Å². The van der Waals surface area contributed by atoms with Crippen LogP contribution in [0.4, 0.5) is 17.1 Å². The molecular weight excluding hydrogens is 795 g/mol. The Morgan fingerprint density at radius 3 is 1.71 bits per heavy atom. The zero-order valence-corrected chi connectivity index (χ0v) is 40.2. The van der Waals surface area contributed by atoms with Gasteiger partial charge in [-0.3, -0.25) is 0 Å². The first kappa shape index (κ1) is 42.0. The highest BCUT2D eigenvalue weighted by Gasteiger charge is 2.44. The summed E-state index contributed by atoms with van der Waals surface area (Å²) in [7, 11) is 0. The topological polar surface area (TPSA) is 3.24 Å². The van der Waals surface area contributed by atoms with Gasteiger partial charge in [0.05, 0.1) is 17.1 Å². The Balaban J connectivity index is 1.23. The maximum absolute atomic E-state index is 2.65. The van der Waals surface area contributed by atoms with E-state index < -0.39 is 0 Å². The summed E-state index contributed by atoms with van der Waals surface area (Å²) < 4.78 is 0. The molecule has 3 aliphatic rings. The Kier molecular flexibility index (Phi) is 9.65. The van der Waals surface area contributed by atoms with E-state index in [4.69, 9.17) is 0 Å². The molecule has 0 heterocycles. The van der Waals surface area contributed by atoms with E-state index in [0.29, 0.717) is 0 Å². The second kappa shape index (κ2) is 15.2. The Morgan fingerprint density at radius 2 is 1.02 bits per heavy atom. The number of para-hydroxylation sites is 1. The number of fused-ring (bicyclic) bond motifs is 6. The van der Waals surface area contributed by atoms with Gasteiger partial charge in [-0.2, -0.15) is 0 Å². The summed E-state index contributed by atoms with van der Waals surface area (Å²) >= 11 is 0. The molecule has 1 atom stereocenters. The number of nitrogens with zero attached hydrogens (tertiary/aromatic N) is 1. The summed E-state index contributed by atoms with van der Waals surface area (Å²) in [4.78, 5) is 2.65. The minimum atomic E-state index is -0.338. The van der Waals surface area contributed by atoms with Crippen LogP contribution in [0.3, 0.4) is 0 Å². The van der Waals surface area contributed by atoms with Gasteiger partial charge in [-0.1, -0.05) is 225 Å². The maximum Gasteiger partial charge on any atom is 0.0543 e. The highest BCUT2D eigenvalue weighted by atomic mass is 15.2. The molecule has 8 aromatic rings. The molecule has 326 valence electrons. The molecular formula is C65H61N. The fourth-order valence-electron chi connectivity index (χ4n) is 11.8. The molecule has 0 fully saturated rings. The lowest BCUT2D eigenvalue weighted by molar-refractivity contribution is 0.569. The zero-order chi connectivity index (χ0) is 45.8. The molecule has 0 spiro atoms. The molecule has 0 saturated heterocycles. The Morgan fingerprint density at radius 1 is 0.470 bits per heavy atom. The van der Waals surface area contributed by atoms with Gasteiger partial charge < -0.3 is 4.90 Å². The summed E-state index contributed by atoms with van der Waals surface area (Å²) in [5.41, 5.74) is 23.1. The highest BCUT2D eigenvalue weighted by Crippen LogP contribution is 2.60. The van der Waals surface area contributed by atoms with Crippen LogP contribution in [0.15, 0.2) is 188 Å². The van der Waals surface area contributed by atoms with Gasteiger partial charge in [0.2, 0.25) is 0 Å². The minimum absolute atomic E-state index is 0.00495. The largest absolute Gasteiger partial charge is 0.309 e. The van der Waals surface area contributed by atoms with Gasteiger partial charge in [0.25, 0.3) is 0 Å². The Hall–Kier alpha value is -6.70. The SMILES string of the molecule is CC(C)(C)c1cc(-c2cccc3cccc(-c4ccccc4N(c4cccc5c4C4=C(CCC=C4)C5(C)C)c4cccc5c4-c4ccccc4C5(C)c4ccccc4)c23)cc(C(C)(C)C)c1. The van der Waals surface area contributed by atoms with Crippen LogP contribution in [-0.4, -0.2) is 0 Å². The Bertz CT molecular complexity index is 3270. The van der Waals surface area contributed by atoms with E-state index in [1.54, 1.807) is 5.57 Å². The number of anilines is 3. The van der Waals surface area contributed by atoms with Crippen molar-refractivity contribution in [3.8, 4) is 33.4 Å². The second-order valence-corrected chi connectivity index (χ2v) is 21.8. The number of hydrogen-bond donors (Lipinski definition) is 0. The molecule has 1 unspecified atom stereocenters. The van der Waals surface area contributed by atoms with Crippen molar-refractivity contribution < 1.29 is 0 Å². The summed E-state index contributed by atoms with van der Waals surface area (Å²) in [5, 5.41) is 2.51. The van der Waals surface area contributed by atoms with Crippen molar-refractivity contribution in [2.45, 2.75) is 96.8 Å². The average molecular weight is 856 g/mol. The molecule has 66 heavy (non-hydrogen) atoms. The maximum atomic E-state index is 2.65. The summed E-state index contributed by atoms with van der Waals surface area (Å²) in [5.74, 6) is 0. The predicted molar refractivity (Wildman–Crippen MR) is 283 cm³/mol. The van der Waals surface area contributed by atoms with Crippen LogP contribution >= 0.6 is 0 Å². The van der Waals surface area contributed by atoms with Crippen molar-refractivity contribution >= 4 is 33.4 Å². The highest BCUT2D eigenvalue weighted by molar-refractivity contribution is 6.10. The molecule has 0 aromatic heterocycles. The van der Waals surface area contributed by atoms with Crippen LogP contribution in [0.5, 0.6) is 0 Å². The van der Waals surface area contributed by atoms with Crippen molar-refractivity contribution in [2.24, 2.45) is 0 Å². The quantitative estimate of drug-likeness (QED) is 0.161. The van der Waals surface area contributed by atoms with Crippen molar-refractivity contribution in [3.05, 3.63) is 227 Å². The van der Waals surface area contributed by atoms with Crippen LogP contribution in [0.2, 0.25) is 0 Å². The molecule has 0 amide bonds. The fraction of sp³-hybridized carbons (Fsp3) is 0.231. The summed E-state index contributed by atoms with van der Waals surface area (Å²) in [6.45, 7) is 21.3. The monoisotopic (exact) mass is 855 g/mol. The predicted octanol–water partition coefficient (Wildman–Crippen LogP) is 18.0. The second-order valence-electron chi connectivity index (χ2n) is 21.8. The third-order valence-corrected chi connectivity index (χ3v) is 15.4. The lowest BCUT2D eigenvalue weighted by Crippen LogP contribution is -2.22. The third kappa shape index (κ3) is 6.41. The number of hydrogen-bond acceptors (Lipinski definition) is 1. The molecule has 0 aliphatic heterocycles. The molecule has 11 rings (SSSR count). The molecule has 1 nitrogen and oxygen atoms in total. The first-order valence-corrected chi connectivity index (χ1v) is 24.1. The van der Waals surface area contributed by atoms with Crippen LogP contribution in [0.25, 0.3) is 49.7 Å². The molecule has 0 radical (unpaired) electrons. The van der Waals surface area contributed by atoms with Crippen molar-refractivity contribution in [2.75, 3.05) is 4.90 Å². The smallest absolute Gasteiger partial charge is 0.0543 e. The molecule has 8 aromatic carbocycles. The van der Waals surface area contributed by atoms with Crippen molar-refractivity contribution in [1.29, 1.82) is 0 Å². The van der Waals surface area contributed by atoms with Gasteiger partial charge in [0, 0.05) is 27.5 Å². The third-order valence-electron chi connectivity index (χ3n) is 15.4. The van der Waals surface area contributed by atoms with Gasteiger partial charge >= 0.3 is 0 Å². The van der Waals surface area contributed by atoms with Crippen LogP contribution in [-0.2, 0) is 21.7 Å².